The van der Waals surface area contributed by atoms with Crippen molar-refractivity contribution in [3.63, 3.8) is 0 Å². The molecule has 1 aliphatic heterocycles. The number of thiophene rings is 1. The minimum atomic E-state index is -0.0203. The average Bonchev–Trinajstić information content (AvgIpc) is 3.10. The molecule has 5 heteroatoms. The molecular formula is C15H17N3OS. The molecule has 2 N–H and O–H groups in total. The van der Waals surface area contributed by atoms with Crippen LogP contribution in [0.5, 0.6) is 0 Å². The molecule has 2 aromatic rings. The van der Waals surface area contributed by atoms with Gasteiger partial charge >= 0.3 is 6.03 Å². The zero-order chi connectivity index (χ0) is 13.9. The lowest BCUT2D eigenvalue weighted by molar-refractivity contribution is 0.252. The van der Waals surface area contributed by atoms with Gasteiger partial charge < -0.3 is 10.6 Å². The van der Waals surface area contributed by atoms with Gasteiger partial charge in [0.2, 0.25) is 0 Å². The van der Waals surface area contributed by atoms with Crippen LogP contribution in [0.3, 0.4) is 0 Å². The normalized spacial score (nSPS) is 16.1. The van der Waals surface area contributed by atoms with Crippen LogP contribution in [0, 0.1) is 0 Å². The van der Waals surface area contributed by atoms with Crippen LogP contribution in [0.4, 0.5) is 16.2 Å². The second-order valence-corrected chi connectivity index (χ2v) is 5.64. The second-order valence-electron chi connectivity index (χ2n) is 4.86. The maximum atomic E-state index is 11.7. The molecule has 1 fully saturated rings. The van der Waals surface area contributed by atoms with Gasteiger partial charge in [0.15, 0.2) is 0 Å². The Morgan fingerprint density at radius 1 is 1.40 bits per heavy atom. The minimum Gasteiger partial charge on any atom is -0.378 e. The predicted molar refractivity (Wildman–Crippen MR) is 83.5 cm³/mol. The first kappa shape index (κ1) is 13.0. The second kappa shape index (κ2) is 5.54. The van der Waals surface area contributed by atoms with Crippen LogP contribution in [0.2, 0.25) is 0 Å². The molecule has 20 heavy (non-hydrogen) atoms. The minimum absolute atomic E-state index is 0.0203. The first-order chi connectivity index (χ1) is 9.74. The Hall–Kier alpha value is -2.01. The maximum absolute atomic E-state index is 11.7. The van der Waals surface area contributed by atoms with E-state index >= 15 is 0 Å². The average molecular weight is 287 g/mol. The molecule has 1 aromatic carbocycles. The highest BCUT2D eigenvalue weighted by molar-refractivity contribution is 7.07. The van der Waals surface area contributed by atoms with Gasteiger partial charge in [-0.3, -0.25) is 4.90 Å². The predicted octanol–water partition coefficient (Wildman–Crippen LogP) is 3.45. The molecular weight excluding hydrogens is 270 g/mol. The molecule has 3 rings (SSSR count). The number of carbonyl (C=O) groups excluding carboxylic acids is 1. The van der Waals surface area contributed by atoms with E-state index in [1.807, 2.05) is 24.3 Å². The Bertz CT molecular complexity index is 597. The molecule has 0 spiro atoms. The van der Waals surface area contributed by atoms with Gasteiger partial charge in [0.05, 0.1) is 0 Å². The SMILES string of the molecule is CC(Nc1cccc(N2CCNC2=O)c1)c1ccsc1. The number of benzene rings is 1. The highest BCUT2D eigenvalue weighted by Crippen LogP contribution is 2.25. The highest BCUT2D eigenvalue weighted by Gasteiger charge is 2.21. The number of anilines is 2. The van der Waals surface area contributed by atoms with Gasteiger partial charge in [-0.15, -0.1) is 0 Å². The van der Waals surface area contributed by atoms with Gasteiger partial charge in [-0.1, -0.05) is 6.07 Å². The lowest BCUT2D eigenvalue weighted by Crippen LogP contribution is -2.27. The van der Waals surface area contributed by atoms with Crippen LogP contribution in [-0.2, 0) is 0 Å². The summed E-state index contributed by atoms with van der Waals surface area (Å²) in [5.74, 6) is 0. The summed E-state index contributed by atoms with van der Waals surface area (Å²) in [5.41, 5.74) is 3.24. The molecule has 0 bridgehead atoms. The van der Waals surface area contributed by atoms with E-state index in [9.17, 15) is 4.79 Å². The van der Waals surface area contributed by atoms with E-state index in [0.717, 1.165) is 17.9 Å². The van der Waals surface area contributed by atoms with E-state index in [4.69, 9.17) is 0 Å². The van der Waals surface area contributed by atoms with E-state index in [2.05, 4.69) is 34.4 Å². The fourth-order valence-corrected chi connectivity index (χ4v) is 3.09. The van der Waals surface area contributed by atoms with E-state index < -0.39 is 0 Å². The Kier molecular flexibility index (Phi) is 3.60. The van der Waals surface area contributed by atoms with Crippen LogP contribution in [0.25, 0.3) is 0 Å². The molecule has 1 saturated heterocycles. The lowest BCUT2D eigenvalue weighted by atomic mass is 10.1. The number of nitrogens with one attached hydrogen (secondary N) is 2. The summed E-state index contributed by atoms with van der Waals surface area (Å²) in [4.78, 5) is 13.5. The topological polar surface area (TPSA) is 44.4 Å². The maximum Gasteiger partial charge on any atom is 0.321 e. The van der Waals surface area contributed by atoms with Crippen molar-refractivity contribution in [2.45, 2.75) is 13.0 Å². The number of hydrogen-bond acceptors (Lipinski definition) is 3. The lowest BCUT2D eigenvalue weighted by Gasteiger charge is -2.18. The summed E-state index contributed by atoms with van der Waals surface area (Å²) in [7, 11) is 0. The summed E-state index contributed by atoms with van der Waals surface area (Å²) >= 11 is 1.70. The standard InChI is InChI=1S/C15H17N3OS/c1-11(12-5-8-20-10-12)17-13-3-2-4-14(9-13)18-7-6-16-15(18)19/h2-5,8-11,17H,6-7H2,1H3,(H,16,19). The smallest absolute Gasteiger partial charge is 0.321 e. The summed E-state index contributed by atoms with van der Waals surface area (Å²) in [5, 5.41) is 10.5. The van der Waals surface area contributed by atoms with E-state index in [1.165, 1.54) is 5.56 Å². The molecule has 1 aliphatic rings. The van der Waals surface area contributed by atoms with Crippen LogP contribution >= 0.6 is 11.3 Å². The zero-order valence-corrected chi connectivity index (χ0v) is 12.1. The third kappa shape index (κ3) is 2.63. The van der Waals surface area contributed by atoms with Crippen molar-refractivity contribution in [2.75, 3.05) is 23.3 Å². The summed E-state index contributed by atoms with van der Waals surface area (Å²) in [6, 6.07) is 10.3. The number of nitrogens with zero attached hydrogens (tertiary/aromatic N) is 1. The van der Waals surface area contributed by atoms with E-state index in [1.54, 1.807) is 16.2 Å². The molecule has 1 unspecified atom stereocenters. The largest absolute Gasteiger partial charge is 0.378 e. The number of hydrogen-bond donors (Lipinski definition) is 2. The summed E-state index contributed by atoms with van der Waals surface area (Å²) in [6.07, 6.45) is 0. The highest BCUT2D eigenvalue weighted by atomic mass is 32.1. The van der Waals surface area contributed by atoms with Crippen LogP contribution in [0.15, 0.2) is 41.1 Å². The van der Waals surface area contributed by atoms with Crippen molar-refractivity contribution in [3.05, 3.63) is 46.7 Å². The van der Waals surface area contributed by atoms with Gasteiger partial charge in [-0.25, -0.2) is 4.79 Å². The Labute approximate surface area is 122 Å². The third-order valence-electron chi connectivity index (χ3n) is 3.44. The monoisotopic (exact) mass is 287 g/mol. The summed E-state index contributed by atoms with van der Waals surface area (Å²) in [6.45, 7) is 3.57. The van der Waals surface area contributed by atoms with Gasteiger partial charge in [-0.2, -0.15) is 11.3 Å². The first-order valence-electron chi connectivity index (χ1n) is 6.68. The molecule has 2 heterocycles. The number of rotatable bonds is 4. The zero-order valence-electron chi connectivity index (χ0n) is 11.3. The van der Waals surface area contributed by atoms with Crippen molar-refractivity contribution in [3.8, 4) is 0 Å². The van der Waals surface area contributed by atoms with E-state index in [0.29, 0.717) is 6.54 Å². The molecule has 2 amide bonds. The van der Waals surface area contributed by atoms with Crippen LogP contribution < -0.4 is 15.5 Å². The molecule has 0 radical (unpaired) electrons. The van der Waals surface area contributed by atoms with Crippen LogP contribution in [0.1, 0.15) is 18.5 Å². The number of urea groups is 1. The van der Waals surface area contributed by atoms with Gasteiger partial charge in [0.1, 0.15) is 0 Å². The molecule has 0 aliphatic carbocycles. The molecule has 104 valence electrons. The fraction of sp³-hybridized carbons (Fsp3) is 0.267. The van der Waals surface area contributed by atoms with Crippen LogP contribution in [-0.4, -0.2) is 19.1 Å². The van der Waals surface area contributed by atoms with Gasteiger partial charge in [0.25, 0.3) is 0 Å². The van der Waals surface area contributed by atoms with Crippen molar-refractivity contribution in [2.24, 2.45) is 0 Å². The van der Waals surface area contributed by atoms with Crippen molar-refractivity contribution in [1.29, 1.82) is 0 Å². The molecule has 1 atom stereocenters. The molecule has 4 nitrogen and oxygen atoms in total. The van der Waals surface area contributed by atoms with Crippen molar-refractivity contribution >= 4 is 28.7 Å². The van der Waals surface area contributed by atoms with E-state index in [-0.39, 0.29) is 12.1 Å². The van der Waals surface area contributed by atoms with Crippen molar-refractivity contribution in [1.82, 2.24) is 5.32 Å². The van der Waals surface area contributed by atoms with Gasteiger partial charge in [-0.05, 0) is 47.5 Å². The van der Waals surface area contributed by atoms with Gasteiger partial charge in [0, 0.05) is 30.5 Å². The number of carbonyl (C=O) groups is 1. The van der Waals surface area contributed by atoms with Crippen molar-refractivity contribution < 1.29 is 4.79 Å². The third-order valence-corrected chi connectivity index (χ3v) is 4.14. The Morgan fingerprint density at radius 2 is 2.30 bits per heavy atom. The first-order valence-corrected chi connectivity index (χ1v) is 7.62. The number of amides is 2. The Balaban J connectivity index is 1.76. The quantitative estimate of drug-likeness (QED) is 0.904. The molecule has 0 saturated carbocycles. The summed E-state index contributed by atoms with van der Waals surface area (Å²) < 4.78 is 0. The molecule has 1 aromatic heterocycles. The Morgan fingerprint density at radius 3 is 3.00 bits per heavy atom. The fourth-order valence-electron chi connectivity index (χ4n) is 2.34.